The van der Waals surface area contributed by atoms with Crippen LogP contribution in [0.1, 0.15) is 50.7 Å². The first-order valence-corrected chi connectivity index (χ1v) is 8.36. The molecule has 0 N–H and O–H groups in total. The number of ether oxygens (including phenoxy) is 2. The molecule has 1 aliphatic rings. The molecule has 23 heavy (non-hydrogen) atoms. The first-order valence-electron chi connectivity index (χ1n) is 8.36. The number of hydrogen-bond donors (Lipinski definition) is 0. The van der Waals surface area contributed by atoms with Gasteiger partial charge in [-0.3, -0.25) is 4.79 Å². The quantitative estimate of drug-likeness (QED) is 0.806. The zero-order valence-corrected chi connectivity index (χ0v) is 15.1. The minimum atomic E-state index is 0.0701. The maximum absolute atomic E-state index is 11.6. The Kier molecular flexibility index (Phi) is 5.69. The van der Waals surface area contributed by atoms with E-state index in [4.69, 9.17) is 9.47 Å². The van der Waals surface area contributed by atoms with Gasteiger partial charge >= 0.3 is 0 Å². The normalized spacial score (nSPS) is 24.2. The Bertz CT molecular complexity index is 558. The van der Waals surface area contributed by atoms with Crippen LogP contribution in [0.15, 0.2) is 18.2 Å². The minimum Gasteiger partial charge on any atom is -0.491 e. The van der Waals surface area contributed by atoms with Gasteiger partial charge in [-0.2, -0.15) is 0 Å². The van der Waals surface area contributed by atoms with Crippen LogP contribution in [0, 0.1) is 5.92 Å². The zero-order valence-electron chi connectivity index (χ0n) is 15.1. The van der Waals surface area contributed by atoms with Crippen molar-refractivity contribution in [3.8, 4) is 5.75 Å². The summed E-state index contributed by atoms with van der Waals surface area (Å²) in [6, 6.07) is 6.37. The monoisotopic (exact) mass is 319 g/mol. The number of methoxy groups -OCH3 is 1. The SMILES string of the molecule is COC(C)COc1ccc2c(c1)C(CN(C)C(C)=O)C(C)C2C. The highest BCUT2D eigenvalue weighted by atomic mass is 16.5. The number of carbonyl (C=O) groups excluding carboxylic acids is 1. The molecule has 128 valence electrons. The maximum atomic E-state index is 11.6. The van der Waals surface area contributed by atoms with Crippen molar-refractivity contribution < 1.29 is 14.3 Å². The Morgan fingerprint density at radius 3 is 2.61 bits per heavy atom. The summed E-state index contributed by atoms with van der Waals surface area (Å²) in [5, 5.41) is 0. The van der Waals surface area contributed by atoms with Crippen LogP contribution in [-0.4, -0.2) is 44.2 Å². The summed E-state index contributed by atoms with van der Waals surface area (Å²) in [4.78, 5) is 13.4. The van der Waals surface area contributed by atoms with Gasteiger partial charge in [0, 0.05) is 33.5 Å². The topological polar surface area (TPSA) is 38.8 Å². The van der Waals surface area contributed by atoms with E-state index < -0.39 is 0 Å². The molecule has 0 radical (unpaired) electrons. The van der Waals surface area contributed by atoms with Crippen LogP contribution in [0.4, 0.5) is 0 Å². The van der Waals surface area contributed by atoms with E-state index in [-0.39, 0.29) is 12.0 Å². The van der Waals surface area contributed by atoms with E-state index in [1.165, 1.54) is 11.1 Å². The molecule has 1 aliphatic carbocycles. The second-order valence-corrected chi connectivity index (χ2v) is 6.80. The predicted molar refractivity (Wildman–Crippen MR) is 92.0 cm³/mol. The summed E-state index contributed by atoms with van der Waals surface area (Å²) >= 11 is 0. The van der Waals surface area contributed by atoms with E-state index in [1.807, 2.05) is 24.9 Å². The van der Waals surface area contributed by atoms with Gasteiger partial charge in [-0.1, -0.05) is 19.9 Å². The molecule has 2 rings (SSSR count). The fourth-order valence-corrected chi connectivity index (χ4v) is 3.26. The van der Waals surface area contributed by atoms with Gasteiger partial charge in [0.25, 0.3) is 0 Å². The molecule has 4 unspecified atom stereocenters. The fraction of sp³-hybridized carbons (Fsp3) is 0.632. The summed E-state index contributed by atoms with van der Waals surface area (Å²) in [6.45, 7) is 9.45. The molecule has 0 saturated carbocycles. The Morgan fingerprint density at radius 1 is 1.30 bits per heavy atom. The second-order valence-electron chi connectivity index (χ2n) is 6.80. The van der Waals surface area contributed by atoms with Crippen molar-refractivity contribution in [2.45, 2.75) is 45.6 Å². The maximum Gasteiger partial charge on any atom is 0.219 e. The van der Waals surface area contributed by atoms with Crippen LogP contribution in [-0.2, 0) is 9.53 Å². The van der Waals surface area contributed by atoms with Crippen molar-refractivity contribution in [3.63, 3.8) is 0 Å². The van der Waals surface area contributed by atoms with Crippen LogP contribution in [0.3, 0.4) is 0 Å². The van der Waals surface area contributed by atoms with E-state index in [1.54, 1.807) is 14.0 Å². The summed E-state index contributed by atoms with van der Waals surface area (Å²) in [5.74, 6) is 2.36. The Hall–Kier alpha value is -1.55. The summed E-state index contributed by atoms with van der Waals surface area (Å²) in [6.07, 6.45) is 0.0701. The van der Waals surface area contributed by atoms with Crippen LogP contribution in [0.25, 0.3) is 0 Å². The van der Waals surface area contributed by atoms with Crippen molar-refractivity contribution in [2.75, 3.05) is 27.3 Å². The van der Waals surface area contributed by atoms with Crippen LogP contribution in [0.5, 0.6) is 5.75 Å². The molecule has 0 bridgehead atoms. The zero-order chi connectivity index (χ0) is 17.1. The van der Waals surface area contributed by atoms with Crippen LogP contribution < -0.4 is 4.74 Å². The molecule has 0 spiro atoms. The molecule has 0 heterocycles. The molecule has 1 aromatic carbocycles. The van der Waals surface area contributed by atoms with Gasteiger partial charge in [-0.25, -0.2) is 0 Å². The van der Waals surface area contributed by atoms with Crippen molar-refractivity contribution in [1.29, 1.82) is 0 Å². The molecule has 4 heteroatoms. The number of likely N-dealkylation sites (N-methyl/N-ethyl adjacent to an activating group) is 1. The Balaban J connectivity index is 2.20. The van der Waals surface area contributed by atoms with Crippen molar-refractivity contribution in [3.05, 3.63) is 29.3 Å². The van der Waals surface area contributed by atoms with E-state index >= 15 is 0 Å². The number of rotatable bonds is 6. The fourth-order valence-electron chi connectivity index (χ4n) is 3.26. The lowest BCUT2D eigenvalue weighted by Gasteiger charge is -2.25. The van der Waals surface area contributed by atoms with Crippen molar-refractivity contribution in [2.24, 2.45) is 5.92 Å². The van der Waals surface area contributed by atoms with Crippen molar-refractivity contribution >= 4 is 5.91 Å². The lowest BCUT2D eigenvalue weighted by atomic mass is 9.89. The number of fused-ring (bicyclic) bond motifs is 1. The molecule has 0 aromatic heterocycles. The summed E-state index contributed by atoms with van der Waals surface area (Å²) in [7, 11) is 3.56. The molecular formula is C19H29NO3. The Morgan fingerprint density at radius 2 is 2.00 bits per heavy atom. The van der Waals surface area contributed by atoms with Gasteiger partial charge in [0.15, 0.2) is 0 Å². The average molecular weight is 319 g/mol. The highest BCUT2D eigenvalue weighted by Gasteiger charge is 2.36. The molecule has 0 fully saturated rings. The van der Waals surface area contributed by atoms with Crippen LogP contribution in [0.2, 0.25) is 0 Å². The lowest BCUT2D eigenvalue weighted by molar-refractivity contribution is -0.127. The summed E-state index contributed by atoms with van der Waals surface area (Å²) < 4.78 is 11.1. The van der Waals surface area contributed by atoms with Crippen LogP contribution >= 0.6 is 0 Å². The number of hydrogen-bond acceptors (Lipinski definition) is 3. The first-order chi connectivity index (χ1) is 10.8. The molecule has 0 aliphatic heterocycles. The lowest BCUT2D eigenvalue weighted by Crippen LogP contribution is -2.30. The first kappa shape index (κ1) is 17.8. The van der Waals surface area contributed by atoms with Gasteiger partial charge < -0.3 is 14.4 Å². The number of nitrogens with zero attached hydrogens (tertiary/aromatic N) is 1. The average Bonchev–Trinajstić information content (AvgIpc) is 2.77. The van der Waals surface area contributed by atoms with Gasteiger partial charge in [-0.05, 0) is 42.0 Å². The number of amides is 1. The minimum absolute atomic E-state index is 0.0701. The standard InChI is InChI=1S/C19H29NO3/c1-12(22-6)11-23-16-7-8-17-13(2)14(3)19(18(17)9-16)10-20(5)15(4)21/h7-9,12-14,19H,10-11H2,1-6H3. The highest BCUT2D eigenvalue weighted by molar-refractivity contribution is 5.73. The van der Waals surface area contributed by atoms with E-state index in [2.05, 4.69) is 26.0 Å². The van der Waals surface area contributed by atoms with E-state index in [9.17, 15) is 4.79 Å². The third-order valence-corrected chi connectivity index (χ3v) is 5.27. The molecule has 4 atom stereocenters. The van der Waals surface area contributed by atoms with Gasteiger partial charge in [-0.15, -0.1) is 0 Å². The number of benzene rings is 1. The summed E-state index contributed by atoms with van der Waals surface area (Å²) in [5.41, 5.74) is 2.70. The van der Waals surface area contributed by atoms with Gasteiger partial charge in [0.1, 0.15) is 12.4 Å². The molecule has 1 amide bonds. The molecule has 4 nitrogen and oxygen atoms in total. The smallest absolute Gasteiger partial charge is 0.219 e. The molecule has 0 saturated heterocycles. The second kappa shape index (κ2) is 7.35. The van der Waals surface area contributed by atoms with Gasteiger partial charge in [0.2, 0.25) is 5.91 Å². The Labute approximate surface area is 139 Å². The van der Waals surface area contributed by atoms with E-state index in [0.29, 0.717) is 24.4 Å². The molecule has 1 aromatic rings. The van der Waals surface area contributed by atoms with Crippen molar-refractivity contribution in [1.82, 2.24) is 4.90 Å². The molecular weight excluding hydrogens is 290 g/mol. The van der Waals surface area contributed by atoms with E-state index in [0.717, 1.165) is 12.3 Å². The third-order valence-electron chi connectivity index (χ3n) is 5.27. The third kappa shape index (κ3) is 3.86. The highest BCUT2D eigenvalue weighted by Crippen LogP contribution is 2.47. The largest absolute Gasteiger partial charge is 0.491 e. The van der Waals surface area contributed by atoms with Gasteiger partial charge in [0.05, 0.1) is 6.10 Å². The predicted octanol–water partition coefficient (Wildman–Crippen LogP) is 3.42. The number of carbonyl (C=O) groups is 1.